The fraction of sp³-hybridized carbons (Fsp3) is 0.286. The van der Waals surface area contributed by atoms with Gasteiger partial charge in [-0.2, -0.15) is 0 Å². The molecule has 0 aliphatic rings. The molecule has 0 amide bonds. The first kappa shape index (κ1) is 14.8. The highest BCUT2D eigenvalue weighted by Gasteiger charge is 2.13. The molecule has 0 atom stereocenters. The highest BCUT2D eigenvalue weighted by molar-refractivity contribution is 6.30. The quantitative estimate of drug-likeness (QED) is 0.795. The Hall–Kier alpha value is -1.56. The molecule has 0 N–H and O–H groups in total. The van der Waals surface area contributed by atoms with Crippen LogP contribution < -0.4 is 0 Å². The van der Waals surface area contributed by atoms with Gasteiger partial charge in [0.15, 0.2) is 0 Å². The van der Waals surface area contributed by atoms with Crippen molar-refractivity contribution >= 4 is 11.6 Å². The zero-order valence-corrected chi connectivity index (χ0v) is 11.9. The highest BCUT2D eigenvalue weighted by atomic mass is 35.5. The highest BCUT2D eigenvalue weighted by Crippen LogP contribution is 2.20. The van der Waals surface area contributed by atoms with Crippen molar-refractivity contribution in [3.63, 3.8) is 0 Å². The van der Waals surface area contributed by atoms with E-state index in [9.17, 15) is 4.39 Å². The molecule has 0 saturated carbocycles. The summed E-state index contributed by atoms with van der Waals surface area (Å²) < 4.78 is 24.1. The van der Waals surface area contributed by atoms with Crippen molar-refractivity contribution in [1.82, 2.24) is 9.97 Å². The standard InChI is InChI=1S/C14H14ClFN2O2/c1-19-14(20-2)11-6-7-17-12(18-11)8-9-4-3-5-10(15)13(9)16/h3-7,14H,8H2,1-2H3. The number of nitrogens with zero attached hydrogens (tertiary/aromatic N) is 2. The normalized spacial score (nSPS) is 11.1. The molecule has 4 nitrogen and oxygen atoms in total. The molecule has 20 heavy (non-hydrogen) atoms. The topological polar surface area (TPSA) is 44.2 Å². The molecule has 0 aliphatic carbocycles. The van der Waals surface area contributed by atoms with Crippen molar-refractivity contribution in [2.45, 2.75) is 12.7 Å². The van der Waals surface area contributed by atoms with Gasteiger partial charge in [0.1, 0.15) is 11.6 Å². The number of aromatic nitrogens is 2. The number of benzene rings is 1. The Labute approximate surface area is 121 Å². The molecule has 0 aliphatic heterocycles. The average molecular weight is 297 g/mol. The summed E-state index contributed by atoms with van der Waals surface area (Å²) in [5, 5.41) is 0.0883. The van der Waals surface area contributed by atoms with Crippen molar-refractivity contribution in [1.29, 1.82) is 0 Å². The number of hydrogen-bond acceptors (Lipinski definition) is 4. The van der Waals surface area contributed by atoms with Crippen molar-refractivity contribution in [2.24, 2.45) is 0 Å². The van der Waals surface area contributed by atoms with Gasteiger partial charge in [0, 0.05) is 26.8 Å². The fourth-order valence-corrected chi connectivity index (χ4v) is 2.02. The summed E-state index contributed by atoms with van der Waals surface area (Å²) >= 11 is 5.75. The van der Waals surface area contributed by atoms with E-state index in [0.29, 0.717) is 17.1 Å². The summed E-state index contributed by atoms with van der Waals surface area (Å²) in [4.78, 5) is 8.43. The first-order valence-electron chi connectivity index (χ1n) is 5.96. The number of ether oxygens (including phenoxy) is 2. The van der Waals surface area contributed by atoms with E-state index < -0.39 is 12.1 Å². The lowest BCUT2D eigenvalue weighted by Crippen LogP contribution is -2.09. The average Bonchev–Trinajstić information content (AvgIpc) is 2.46. The van der Waals surface area contributed by atoms with Crippen LogP contribution in [0.2, 0.25) is 5.02 Å². The maximum Gasteiger partial charge on any atom is 0.200 e. The fourth-order valence-electron chi connectivity index (χ4n) is 1.82. The van der Waals surface area contributed by atoms with E-state index in [1.807, 2.05) is 0 Å². The Morgan fingerprint density at radius 3 is 2.70 bits per heavy atom. The molecule has 1 aromatic heterocycles. The molecule has 0 spiro atoms. The van der Waals surface area contributed by atoms with Gasteiger partial charge in [-0.25, -0.2) is 14.4 Å². The van der Waals surface area contributed by atoms with Crippen molar-refractivity contribution in [2.75, 3.05) is 14.2 Å². The Kier molecular flexibility index (Phi) is 5.00. The molecule has 1 aromatic carbocycles. The summed E-state index contributed by atoms with van der Waals surface area (Å²) in [7, 11) is 3.04. The lowest BCUT2D eigenvalue weighted by atomic mass is 10.1. The number of halogens is 2. The SMILES string of the molecule is COC(OC)c1ccnc(Cc2cccc(Cl)c2F)n1. The molecule has 1 heterocycles. The van der Waals surface area contributed by atoms with Crippen LogP contribution in [0.3, 0.4) is 0 Å². The second kappa shape index (κ2) is 6.74. The zero-order chi connectivity index (χ0) is 14.5. The first-order valence-corrected chi connectivity index (χ1v) is 6.33. The van der Waals surface area contributed by atoms with Crippen LogP contribution in [0.4, 0.5) is 4.39 Å². The van der Waals surface area contributed by atoms with Gasteiger partial charge in [-0.15, -0.1) is 0 Å². The van der Waals surface area contributed by atoms with E-state index in [0.717, 1.165) is 0 Å². The number of methoxy groups -OCH3 is 2. The Morgan fingerprint density at radius 2 is 2.00 bits per heavy atom. The van der Waals surface area contributed by atoms with Crippen LogP contribution in [-0.4, -0.2) is 24.2 Å². The molecule has 6 heteroatoms. The summed E-state index contributed by atoms with van der Waals surface area (Å²) in [6.45, 7) is 0. The third-order valence-electron chi connectivity index (χ3n) is 2.78. The van der Waals surface area contributed by atoms with Gasteiger partial charge in [-0.3, -0.25) is 0 Å². The predicted molar refractivity (Wildman–Crippen MR) is 73.0 cm³/mol. The smallest absolute Gasteiger partial charge is 0.200 e. The van der Waals surface area contributed by atoms with E-state index >= 15 is 0 Å². The Morgan fingerprint density at radius 1 is 1.25 bits per heavy atom. The molecule has 2 aromatic rings. The molecule has 0 radical (unpaired) electrons. The van der Waals surface area contributed by atoms with Gasteiger partial charge >= 0.3 is 0 Å². The van der Waals surface area contributed by atoms with Crippen LogP contribution in [0.5, 0.6) is 0 Å². The van der Waals surface area contributed by atoms with Gasteiger partial charge < -0.3 is 9.47 Å². The monoisotopic (exact) mass is 296 g/mol. The Bertz CT molecular complexity index is 591. The maximum absolute atomic E-state index is 13.8. The lowest BCUT2D eigenvalue weighted by Gasteiger charge is -2.13. The second-order valence-electron chi connectivity index (χ2n) is 4.09. The van der Waals surface area contributed by atoms with Gasteiger partial charge in [-0.05, 0) is 17.7 Å². The van der Waals surface area contributed by atoms with E-state index in [1.54, 1.807) is 24.4 Å². The molecule has 0 unspecified atom stereocenters. The third kappa shape index (κ3) is 3.30. The van der Waals surface area contributed by atoms with E-state index in [-0.39, 0.29) is 11.4 Å². The van der Waals surface area contributed by atoms with Gasteiger partial charge in [-0.1, -0.05) is 23.7 Å². The largest absolute Gasteiger partial charge is 0.350 e. The number of rotatable bonds is 5. The third-order valence-corrected chi connectivity index (χ3v) is 3.07. The van der Waals surface area contributed by atoms with Crippen LogP contribution in [0.15, 0.2) is 30.5 Å². The van der Waals surface area contributed by atoms with Crippen LogP contribution in [0, 0.1) is 5.82 Å². The maximum atomic E-state index is 13.8. The van der Waals surface area contributed by atoms with E-state index in [1.165, 1.54) is 20.3 Å². The van der Waals surface area contributed by atoms with Crippen LogP contribution in [-0.2, 0) is 15.9 Å². The molecule has 2 rings (SSSR count). The summed E-state index contributed by atoms with van der Waals surface area (Å²) in [6, 6.07) is 6.54. The van der Waals surface area contributed by atoms with Gasteiger partial charge in [0.25, 0.3) is 0 Å². The minimum atomic E-state index is -0.569. The van der Waals surface area contributed by atoms with Gasteiger partial charge in [0.05, 0.1) is 10.7 Å². The van der Waals surface area contributed by atoms with Crippen molar-refractivity contribution in [3.8, 4) is 0 Å². The van der Waals surface area contributed by atoms with E-state index in [2.05, 4.69) is 9.97 Å². The second-order valence-corrected chi connectivity index (χ2v) is 4.50. The summed E-state index contributed by atoms with van der Waals surface area (Å²) in [5.41, 5.74) is 1.03. The summed E-state index contributed by atoms with van der Waals surface area (Å²) in [5.74, 6) is 0.0287. The lowest BCUT2D eigenvalue weighted by molar-refractivity contribution is -0.108. The predicted octanol–water partition coefficient (Wildman–Crippen LogP) is 3.15. The minimum absolute atomic E-state index is 0.0883. The van der Waals surface area contributed by atoms with Crippen molar-refractivity contribution in [3.05, 3.63) is 58.4 Å². The zero-order valence-electron chi connectivity index (χ0n) is 11.1. The van der Waals surface area contributed by atoms with Crippen LogP contribution >= 0.6 is 11.6 Å². The summed E-state index contributed by atoms with van der Waals surface area (Å²) in [6.07, 6.45) is 1.27. The molecule has 0 fully saturated rings. The van der Waals surface area contributed by atoms with Crippen LogP contribution in [0.25, 0.3) is 0 Å². The molecule has 0 bridgehead atoms. The van der Waals surface area contributed by atoms with Crippen LogP contribution in [0.1, 0.15) is 23.4 Å². The van der Waals surface area contributed by atoms with Gasteiger partial charge in [0.2, 0.25) is 6.29 Å². The van der Waals surface area contributed by atoms with E-state index in [4.69, 9.17) is 21.1 Å². The Balaban J connectivity index is 2.26. The molecule has 106 valence electrons. The minimum Gasteiger partial charge on any atom is -0.350 e. The first-order chi connectivity index (χ1) is 9.65. The molecule has 0 saturated heterocycles. The van der Waals surface area contributed by atoms with Crippen molar-refractivity contribution < 1.29 is 13.9 Å². The molecular weight excluding hydrogens is 283 g/mol. The number of hydrogen-bond donors (Lipinski definition) is 0. The molecular formula is C14H14ClFN2O2.